The van der Waals surface area contributed by atoms with Crippen molar-refractivity contribution >= 4 is 22.6 Å². The number of carbonyl (C=O) groups is 1. The second-order valence-corrected chi connectivity index (χ2v) is 9.42. The number of hydrogen-bond acceptors (Lipinski definition) is 4. The monoisotopic (exact) mass is 521 g/mol. The predicted molar refractivity (Wildman–Crippen MR) is 139 cm³/mol. The van der Waals surface area contributed by atoms with E-state index in [0.717, 1.165) is 37.0 Å². The highest BCUT2D eigenvalue weighted by Crippen LogP contribution is 2.43. The summed E-state index contributed by atoms with van der Waals surface area (Å²) in [7, 11) is 0. The second kappa shape index (κ2) is 10.0. The molecule has 0 radical (unpaired) electrons. The van der Waals surface area contributed by atoms with Gasteiger partial charge in [-0.2, -0.15) is 13.2 Å². The highest BCUT2D eigenvalue weighted by Gasteiger charge is 2.44. The van der Waals surface area contributed by atoms with E-state index < -0.39 is 29.1 Å². The molecule has 1 aromatic heterocycles. The van der Waals surface area contributed by atoms with Crippen LogP contribution in [-0.4, -0.2) is 12.5 Å². The van der Waals surface area contributed by atoms with E-state index in [1.165, 1.54) is 17.0 Å². The molecule has 0 saturated carbocycles. The fourth-order valence-electron chi connectivity index (χ4n) is 4.79. The highest BCUT2D eigenvalue weighted by molar-refractivity contribution is 6.10. The number of ether oxygens (including phenoxy) is 1. The molecule has 1 unspecified atom stereocenters. The van der Waals surface area contributed by atoms with Crippen molar-refractivity contribution in [2.75, 3.05) is 11.5 Å². The van der Waals surface area contributed by atoms with Gasteiger partial charge in [-0.3, -0.25) is 14.5 Å². The maximum Gasteiger partial charge on any atom is 0.416 e. The first-order valence-electron chi connectivity index (χ1n) is 12.5. The average molecular weight is 522 g/mol. The average Bonchev–Trinajstić information content (AvgIpc) is 3.19. The summed E-state index contributed by atoms with van der Waals surface area (Å²) in [5.74, 6) is -0.223. The topological polar surface area (TPSA) is 59.8 Å². The molecule has 0 bridgehead atoms. The summed E-state index contributed by atoms with van der Waals surface area (Å²) < 4.78 is 52.3. The Morgan fingerprint density at radius 3 is 2.45 bits per heavy atom. The number of alkyl halides is 3. The molecule has 1 atom stereocenters. The van der Waals surface area contributed by atoms with Gasteiger partial charge < -0.3 is 9.15 Å². The summed E-state index contributed by atoms with van der Waals surface area (Å²) in [5.41, 5.74) is 0.460. The van der Waals surface area contributed by atoms with Crippen LogP contribution in [0.4, 0.5) is 18.9 Å². The third-order valence-corrected chi connectivity index (χ3v) is 6.69. The van der Waals surface area contributed by atoms with Crippen LogP contribution in [0.25, 0.3) is 11.0 Å². The van der Waals surface area contributed by atoms with Crippen molar-refractivity contribution in [1.82, 2.24) is 0 Å². The summed E-state index contributed by atoms with van der Waals surface area (Å²) in [6.07, 6.45) is -1.56. The zero-order valence-electron chi connectivity index (χ0n) is 21.0. The van der Waals surface area contributed by atoms with Gasteiger partial charge in [-0.15, -0.1) is 0 Å². The maximum absolute atomic E-state index is 13.7. The van der Waals surface area contributed by atoms with Gasteiger partial charge in [0, 0.05) is 5.69 Å². The lowest BCUT2D eigenvalue weighted by Crippen LogP contribution is -2.29. The van der Waals surface area contributed by atoms with Crippen LogP contribution in [0.3, 0.4) is 0 Å². The Bertz CT molecular complexity index is 1560. The Kier molecular flexibility index (Phi) is 6.73. The number of benzene rings is 3. The Hall–Kier alpha value is -4.07. The zero-order chi connectivity index (χ0) is 27.0. The van der Waals surface area contributed by atoms with E-state index in [4.69, 9.17) is 9.15 Å². The van der Waals surface area contributed by atoms with Gasteiger partial charge in [0.1, 0.15) is 11.3 Å². The van der Waals surface area contributed by atoms with Gasteiger partial charge in [0.15, 0.2) is 5.43 Å². The first-order valence-corrected chi connectivity index (χ1v) is 12.5. The molecule has 3 aromatic carbocycles. The van der Waals surface area contributed by atoms with E-state index >= 15 is 0 Å². The van der Waals surface area contributed by atoms with Crippen molar-refractivity contribution < 1.29 is 27.1 Å². The number of amides is 1. The molecule has 1 aliphatic heterocycles. The SMILES string of the molecule is CCCCCOc1ccc(C2c3c(oc4ccc(C)cc4c3=O)C(=O)N2c2cccc(C(F)(F)F)c2)cc1. The minimum Gasteiger partial charge on any atom is -0.494 e. The van der Waals surface area contributed by atoms with E-state index in [1.54, 1.807) is 42.5 Å². The lowest BCUT2D eigenvalue weighted by Gasteiger charge is -2.26. The van der Waals surface area contributed by atoms with Gasteiger partial charge in [-0.05, 0) is 61.4 Å². The fraction of sp³-hybridized carbons (Fsp3) is 0.267. The lowest BCUT2D eigenvalue weighted by atomic mass is 9.97. The third kappa shape index (κ3) is 4.66. The molecule has 0 N–H and O–H groups in total. The smallest absolute Gasteiger partial charge is 0.416 e. The van der Waals surface area contributed by atoms with Crippen molar-refractivity contribution in [1.29, 1.82) is 0 Å². The molecular formula is C30H26F3NO4. The molecule has 0 fully saturated rings. The largest absolute Gasteiger partial charge is 0.494 e. The number of unbranched alkanes of at least 4 members (excludes halogenated alkanes) is 2. The standard InChI is InChI=1S/C30H26F3NO4/c1-3-4-5-15-37-22-12-10-19(11-13-22)26-25-27(35)23-16-18(2)9-14-24(23)38-28(25)29(36)34(26)21-8-6-7-20(17-21)30(31,32)33/h6-14,16-17,26H,3-5,15H2,1-2H3. The molecule has 0 aliphatic carbocycles. The van der Waals surface area contributed by atoms with Gasteiger partial charge in [0.25, 0.3) is 5.91 Å². The summed E-state index contributed by atoms with van der Waals surface area (Å²) in [4.78, 5) is 28.6. The Labute approximate surface area is 217 Å². The maximum atomic E-state index is 13.7. The van der Waals surface area contributed by atoms with Crippen LogP contribution in [0.5, 0.6) is 5.75 Å². The fourth-order valence-corrected chi connectivity index (χ4v) is 4.79. The van der Waals surface area contributed by atoms with Crippen LogP contribution in [0.1, 0.15) is 65.0 Å². The normalized spacial score (nSPS) is 15.2. The number of carbonyl (C=O) groups excluding carboxylic acids is 1. The van der Waals surface area contributed by atoms with Crippen LogP contribution < -0.4 is 15.1 Å². The molecule has 196 valence electrons. The number of hydrogen-bond donors (Lipinski definition) is 0. The van der Waals surface area contributed by atoms with Gasteiger partial charge in [0.2, 0.25) is 5.76 Å². The third-order valence-electron chi connectivity index (χ3n) is 6.69. The van der Waals surface area contributed by atoms with Gasteiger partial charge in [-0.25, -0.2) is 0 Å². The van der Waals surface area contributed by atoms with Crippen LogP contribution in [0, 0.1) is 6.92 Å². The van der Waals surface area contributed by atoms with E-state index in [0.29, 0.717) is 23.3 Å². The van der Waals surface area contributed by atoms with Crippen molar-refractivity contribution in [3.05, 3.63) is 105 Å². The van der Waals surface area contributed by atoms with Crippen molar-refractivity contribution in [2.45, 2.75) is 45.3 Å². The molecule has 4 aromatic rings. The van der Waals surface area contributed by atoms with Gasteiger partial charge in [-0.1, -0.05) is 49.6 Å². The molecule has 8 heteroatoms. The summed E-state index contributed by atoms with van der Waals surface area (Å²) in [6, 6.07) is 15.5. The highest BCUT2D eigenvalue weighted by atomic mass is 19.4. The van der Waals surface area contributed by atoms with Gasteiger partial charge in [0.05, 0.1) is 29.2 Å². The quantitative estimate of drug-likeness (QED) is 0.237. The summed E-state index contributed by atoms with van der Waals surface area (Å²) >= 11 is 0. The summed E-state index contributed by atoms with van der Waals surface area (Å²) in [6.45, 7) is 4.50. The Morgan fingerprint density at radius 1 is 0.974 bits per heavy atom. The number of halogens is 3. The van der Waals surface area contributed by atoms with Crippen LogP contribution >= 0.6 is 0 Å². The van der Waals surface area contributed by atoms with E-state index in [2.05, 4.69) is 6.92 Å². The van der Waals surface area contributed by atoms with Gasteiger partial charge >= 0.3 is 6.18 Å². The minimum absolute atomic E-state index is 0.0146. The zero-order valence-corrected chi connectivity index (χ0v) is 21.0. The first kappa shape index (κ1) is 25.6. The molecule has 0 saturated heterocycles. The van der Waals surface area contributed by atoms with E-state index in [9.17, 15) is 22.8 Å². The molecule has 0 spiro atoms. The molecule has 1 amide bonds. The van der Waals surface area contributed by atoms with Crippen LogP contribution in [-0.2, 0) is 6.18 Å². The molecule has 5 nitrogen and oxygen atoms in total. The number of nitrogens with zero attached hydrogens (tertiary/aromatic N) is 1. The van der Waals surface area contributed by atoms with Crippen molar-refractivity contribution in [3.63, 3.8) is 0 Å². The molecular weight excluding hydrogens is 495 g/mol. The van der Waals surface area contributed by atoms with E-state index in [-0.39, 0.29) is 22.6 Å². The van der Waals surface area contributed by atoms with E-state index in [1.807, 2.05) is 6.92 Å². The van der Waals surface area contributed by atoms with Crippen LogP contribution in [0.15, 0.2) is 75.9 Å². The molecule has 2 heterocycles. The number of rotatable bonds is 7. The minimum atomic E-state index is -4.60. The summed E-state index contributed by atoms with van der Waals surface area (Å²) in [5, 5.41) is 0.309. The molecule has 5 rings (SSSR count). The van der Waals surface area contributed by atoms with Crippen LogP contribution in [0.2, 0.25) is 0 Å². The molecule has 1 aliphatic rings. The number of aryl methyl sites for hydroxylation is 1. The lowest BCUT2D eigenvalue weighted by molar-refractivity contribution is -0.137. The Morgan fingerprint density at radius 2 is 1.74 bits per heavy atom. The Balaban J connectivity index is 1.64. The number of fused-ring (bicyclic) bond motifs is 2. The van der Waals surface area contributed by atoms with Crippen molar-refractivity contribution in [2.24, 2.45) is 0 Å². The number of anilines is 1. The first-order chi connectivity index (χ1) is 18.2. The second-order valence-electron chi connectivity index (χ2n) is 9.42. The molecule has 38 heavy (non-hydrogen) atoms. The predicted octanol–water partition coefficient (Wildman–Crippen LogP) is 7.44. The van der Waals surface area contributed by atoms with Crippen molar-refractivity contribution in [3.8, 4) is 5.75 Å².